The van der Waals surface area contributed by atoms with Crippen molar-refractivity contribution in [1.29, 1.82) is 0 Å². The standard InChI is InChI=1S/C9H6BrN3/c1-11-8-4-3-6-7(10)5-13(2)9(6)12-8/h3-5H,2H3. The lowest BCUT2D eigenvalue weighted by Crippen LogP contribution is -1.86. The summed E-state index contributed by atoms with van der Waals surface area (Å²) in [5.41, 5.74) is 0.834. The highest BCUT2D eigenvalue weighted by Crippen LogP contribution is 2.25. The normalized spacial score (nSPS) is 10.2. The van der Waals surface area contributed by atoms with E-state index in [1.54, 1.807) is 6.07 Å². The van der Waals surface area contributed by atoms with Crippen molar-refractivity contribution >= 4 is 32.8 Å². The number of pyridine rings is 1. The topological polar surface area (TPSA) is 22.2 Å². The van der Waals surface area contributed by atoms with Gasteiger partial charge in [0.25, 0.3) is 5.82 Å². The number of rotatable bonds is 0. The van der Waals surface area contributed by atoms with Gasteiger partial charge in [-0.25, -0.2) is 0 Å². The van der Waals surface area contributed by atoms with Crippen molar-refractivity contribution in [3.8, 4) is 0 Å². The second kappa shape index (κ2) is 2.86. The molecule has 0 aliphatic heterocycles. The summed E-state index contributed by atoms with van der Waals surface area (Å²) < 4.78 is 2.91. The molecule has 3 nitrogen and oxygen atoms in total. The molecule has 0 amide bonds. The summed E-state index contributed by atoms with van der Waals surface area (Å²) in [6, 6.07) is 3.62. The Morgan fingerprint density at radius 3 is 3.00 bits per heavy atom. The molecule has 0 aliphatic carbocycles. The maximum atomic E-state index is 6.84. The van der Waals surface area contributed by atoms with E-state index in [0.29, 0.717) is 5.82 Å². The van der Waals surface area contributed by atoms with E-state index < -0.39 is 0 Å². The van der Waals surface area contributed by atoms with Crippen LogP contribution in [0.25, 0.3) is 15.9 Å². The van der Waals surface area contributed by atoms with Gasteiger partial charge >= 0.3 is 0 Å². The Hall–Kier alpha value is -1.34. The van der Waals surface area contributed by atoms with Crippen LogP contribution in [0.2, 0.25) is 0 Å². The van der Waals surface area contributed by atoms with E-state index in [0.717, 1.165) is 15.5 Å². The van der Waals surface area contributed by atoms with Gasteiger partial charge in [0.2, 0.25) is 5.65 Å². The number of hydrogen-bond donors (Lipinski definition) is 0. The molecule has 2 heterocycles. The molecule has 0 saturated heterocycles. The molecule has 0 aliphatic rings. The molecule has 0 N–H and O–H groups in total. The van der Waals surface area contributed by atoms with Gasteiger partial charge in [0.05, 0.1) is 5.39 Å². The summed E-state index contributed by atoms with van der Waals surface area (Å²) in [7, 11) is 1.91. The van der Waals surface area contributed by atoms with Crippen molar-refractivity contribution in [3.05, 3.63) is 34.2 Å². The van der Waals surface area contributed by atoms with Crippen molar-refractivity contribution in [2.75, 3.05) is 0 Å². The van der Waals surface area contributed by atoms with Crippen molar-refractivity contribution in [2.24, 2.45) is 7.05 Å². The second-order valence-corrected chi connectivity index (χ2v) is 3.59. The van der Waals surface area contributed by atoms with E-state index >= 15 is 0 Å². The van der Waals surface area contributed by atoms with Gasteiger partial charge in [0.15, 0.2) is 0 Å². The molecule has 0 radical (unpaired) electrons. The Kier molecular flexibility index (Phi) is 1.82. The lowest BCUT2D eigenvalue weighted by Gasteiger charge is -1.90. The first-order valence-corrected chi connectivity index (χ1v) is 4.50. The minimum absolute atomic E-state index is 0.432. The van der Waals surface area contributed by atoms with Crippen LogP contribution < -0.4 is 0 Å². The smallest absolute Gasteiger partial charge is 0.271 e. The molecule has 13 heavy (non-hydrogen) atoms. The molecule has 0 unspecified atom stereocenters. The number of halogens is 1. The summed E-state index contributed by atoms with van der Waals surface area (Å²) >= 11 is 3.43. The third kappa shape index (κ3) is 1.21. The summed E-state index contributed by atoms with van der Waals surface area (Å²) in [4.78, 5) is 7.47. The molecule has 2 rings (SSSR count). The van der Waals surface area contributed by atoms with E-state index in [-0.39, 0.29) is 0 Å². The van der Waals surface area contributed by atoms with Crippen LogP contribution >= 0.6 is 15.9 Å². The largest absolute Gasteiger partial charge is 0.361 e. The van der Waals surface area contributed by atoms with Crippen molar-refractivity contribution in [2.45, 2.75) is 0 Å². The van der Waals surface area contributed by atoms with Gasteiger partial charge in [-0.1, -0.05) is 12.6 Å². The van der Waals surface area contributed by atoms with Gasteiger partial charge in [0.1, 0.15) is 0 Å². The van der Waals surface area contributed by atoms with Crippen LogP contribution in [0, 0.1) is 6.57 Å². The molecule has 4 heteroatoms. The summed E-state index contributed by atoms with van der Waals surface area (Å²) in [6.45, 7) is 6.84. The molecule has 0 bridgehead atoms. The fourth-order valence-corrected chi connectivity index (χ4v) is 1.87. The highest BCUT2D eigenvalue weighted by atomic mass is 79.9. The van der Waals surface area contributed by atoms with Crippen molar-refractivity contribution in [1.82, 2.24) is 9.55 Å². The Morgan fingerprint density at radius 2 is 2.31 bits per heavy atom. The minimum Gasteiger partial charge on any atom is -0.361 e. The fourth-order valence-electron chi connectivity index (χ4n) is 1.26. The van der Waals surface area contributed by atoms with Crippen LogP contribution in [0.1, 0.15) is 0 Å². The number of hydrogen-bond acceptors (Lipinski definition) is 1. The van der Waals surface area contributed by atoms with Gasteiger partial charge in [-0.2, -0.15) is 0 Å². The van der Waals surface area contributed by atoms with Gasteiger partial charge in [0, 0.05) is 17.7 Å². The zero-order chi connectivity index (χ0) is 9.42. The SMILES string of the molecule is [C-]#[N+]c1ccc2c(Br)cn(C)c2n1. The lowest BCUT2D eigenvalue weighted by atomic mass is 10.3. The summed E-state index contributed by atoms with van der Waals surface area (Å²) in [5.74, 6) is 0.432. The van der Waals surface area contributed by atoms with Crippen LogP contribution in [-0.4, -0.2) is 9.55 Å². The van der Waals surface area contributed by atoms with E-state index in [1.807, 2.05) is 23.9 Å². The fraction of sp³-hybridized carbons (Fsp3) is 0.111. The second-order valence-electron chi connectivity index (χ2n) is 2.74. The highest BCUT2D eigenvalue weighted by Gasteiger charge is 2.08. The third-order valence-electron chi connectivity index (χ3n) is 1.87. The first-order valence-electron chi connectivity index (χ1n) is 3.71. The van der Waals surface area contributed by atoms with Crippen LogP contribution in [0.15, 0.2) is 22.8 Å². The Balaban J connectivity index is 2.86. The number of aryl methyl sites for hydroxylation is 1. The third-order valence-corrected chi connectivity index (χ3v) is 2.51. The molecule has 2 aromatic heterocycles. The van der Waals surface area contributed by atoms with Gasteiger partial charge in [-0.15, -0.1) is 4.98 Å². The molecule has 0 saturated carbocycles. The van der Waals surface area contributed by atoms with E-state index in [2.05, 4.69) is 25.8 Å². The average molecular weight is 236 g/mol. The molecule has 2 aromatic rings. The monoisotopic (exact) mass is 235 g/mol. The lowest BCUT2D eigenvalue weighted by molar-refractivity contribution is 0.948. The quantitative estimate of drug-likeness (QED) is 0.644. The Morgan fingerprint density at radius 1 is 1.54 bits per heavy atom. The predicted molar refractivity (Wildman–Crippen MR) is 54.7 cm³/mol. The minimum atomic E-state index is 0.432. The summed E-state index contributed by atoms with van der Waals surface area (Å²) in [6.07, 6.45) is 1.94. The van der Waals surface area contributed by atoms with E-state index in [4.69, 9.17) is 6.57 Å². The molecule has 0 aromatic carbocycles. The molecule has 0 fully saturated rings. The van der Waals surface area contributed by atoms with Crippen LogP contribution in [0.4, 0.5) is 5.82 Å². The van der Waals surface area contributed by atoms with Crippen LogP contribution in [0.3, 0.4) is 0 Å². The van der Waals surface area contributed by atoms with Crippen LogP contribution in [-0.2, 0) is 7.05 Å². The zero-order valence-electron chi connectivity index (χ0n) is 6.95. The first-order chi connectivity index (χ1) is 6.22. The van der Waals surface area contributed by atoms with E-state index in [9.17, 15) is 0 Å². The Labute approximate surface area is 84.0 Å². The Bertz CT molecular complexity index is 507. The first kappa shape index (κ1) is 8.27. The highest BCUT2D eigenvalue weighted by molar-refractivity contribution is 9.10. The van der Waals surface area contributed by atoms with Gasteiger partial charge in [-0.3, -0.25) is 0 Å². The van der Waals surface area contributed by atoms with E-state index in [1.165, 1.54) is 0 Å². The number of fused-ring (bicyclic) bond motifs is 1. The maximum absolute atomic E-state index is 6.84. The molecule has 0 atom stereocenters. The number of nitrogens with zero attached hydrogens (tertiary/aromatic N) is 3. The van der Waals surface area contributed by atoms with Crippen molar-refractivity contribution < 1.29 is 0 Å². The van der Waals surface area contributed by atoms with Crippen LogP contribution in [0.5, 0.6) is 0 Å². The molecule has 0 spiro atoms. The summed E-state index contributed by atoms with van der Waals surface area (Å²) in [5, 5.41) is 1.04. The zero-order valence-corrected chi connectivity index (χ0v) is 8.54. The van der Waals surface area contributed by atoms with Gasteiger partial charge in [-0.05, 0) is 22.0 Å². The predicted octanol–water partition coefficient (Wildman–Crippen LogP) is 2.89. The van der Waals surface area contributed by atoms with Gasteiger partial charge < -0.3 is 9.41 Å². The molecule has 64 valence electrons. The van der Waals surface area contributed by atoms with Crippen molar-refractivity contribution in [3.63, 3.8) is 0 Å². The molecular formula is C9H6BrN3. The maximum Gasteiger partial charge on any atom is 0.271 e. The average Bonchev–Trinajstić information content (AvgIpc) is 2.42. The number of aromatic nitrogens is 2. The molecular weight excluding hydrogens is 230 g/mol.